The Labute approximate surface area is 143 Å². The third-order valence-corrected chi connectivity index (χ3v) is 4.96. The van der Waals surface area contributed by atoms with Gasteiger partial charge in [0.25, 0.3) is 5.91 Å². The molecule has 0 aliphatic carbocycles. The molecule has 21 heavy (non-hydrogen) atoms. The number of hydrogen-bond donors (Lipinski definition) is 2. The first-order chi connectivity index (χ1) is 9.93. The zero-order valence-electron chi connectivity index (χ0n) is 10.6. The highest BCUT2D eigenvalue weighted by atomic mass is 127. The zero-order valence-corrected chi connectivity index (χ0v) is 14.4. The molecule has 0 saturated carbocycles. The number of thiophene rings is 1. The van der Waals surface area contributed by atoms with Crippen molar-refractivity contribution in [1.29, 1.82) is 0 Å². The largest absolute Gasteiger partial charge is 0.496 e. The van der Waals surface area contributed by atoms with Crippen molar-refractivity contribution in [3.63, 3.8) is 0 Å². The molecule has 1 amide bonds. The maximum Gasteiger partial charge on any atom is 0.338 e. The summed E-state index contributed by atoms with van der Waals surface area (Å²) in [4.78, 5) is 23.3. The molecule has 0 spiro atoms. The van der Waals surface area contributed by atoms with Gasteiger partial charge in [-0.15, -0.1) is 11.3 Å². The molecular weight excluding hydrogens is 429 g/mol. The van der Waals surface area contributed by atoms with Crippen molar-refractivity contribution in [2.75, 3.05) is 12.4 Å². The fourth-order valence-electron chi connectivity index (χ4n) is 1.62. The minimum absolute atomic E-state index is 0.0453. The third-order valence-electron chi connectivity index (χ3n) is 2.61. The van der Waals surface area contributed by atoms with E-state index in [0.717, 1.165) is 14.9 Å². The second-order valence-corrected chi connectivity index (χ2v) is 6.37. The maximum atomic E-state index is 12.3. The van der Waals surface area contributed by atoms with Crippen molar-refractivity contribution in [3.05, 3.63) is 43.3 Å². The monoisotopic (exact) mass is 437 g/mol. The minimum Gasteiger partial charge on any atom is -0.496 e. The van der Waals surface area contributed by atoms with Gasteiger partial charge in [0.2, 0.25) is 0 Å². The maximum absolute atomic E-state index is 12.3. The van der Waals surface area contributed by atoms with E-state index in [1.807, 2.05) is 22.6 Å². The van der Waals surface area contributed by atoms with E-state index in [9.17, 15) is 9.59 Å². The number of carboxylic acid groups (broad SMARTS) is 1. The molecule has 2 aromatic rings. The number of carboxylic acids is 1. The Hall–Kier alpha value is -1.32. The molecule has 0 aliphatic rings. The summed E-state index contributed by atoms with van der Waals surface area (Å²) in [6.07, 6.45) is 0. The Balaban J connectivity index is 2.34. The van der Waals surface area contributed by atoms with Crippen molar-refractivity contribution in [1.82, 2.24) is 0 Å². The fourth-order valence-corrected chi connectivity index (χ4v) is 3.00. The summed E-state index contributed by atoms with van der Waals surface area (Å²) in [6, 6.07) is 4.57. The number of ether oxygens (including phenoxy) is 1. The highest BCUT2D eigenvalue weighted by molar-refractivity contribution is 14.1. The van der Waals surface area contributed by atoms with Gasteiger partial charge < -0.3 is 15.2 Å². The molecule has 0 fully saturated rings. The summed E-state index contributed by atoms with van der Waals surface area (Å²) < 4.78 is 5.92. The molecular formula is C13H9ClINO4S. The fraction of sp³-hybridized carbons (Fsp3) is 0.0769. The van der Waals surface area contributed by atoms with Crippen LogP contribution in [0.3, 0.4) is 0 Å². The molecule has 0 atom stereocenters. The second-order valence-electron chi connectivity index (χ2n) is 3.89. The number of carbonyl (C=O) groups is 2. The lowest BCUT2D eigenvalue weighted by Crippen LogP contribution is -2.14. The van der Waals surface area contributed by atoms with Crippen LogP contribution < -0.4 is 10.1 Å². The second kappa shape index (κ2) is 6.63. The third kappa shape index (κ3) is 3.47. The average Bonchev–Trinajstić information content (AvgIpc) is 2.89. The summed E-state index contributed by atoms with van der Waals surface area (Å²) in [5, 5.41) is 13.9. The lowest BCUT2D eigenvalue weighted by Gasteiger charge is -2.10. The van der Waals surface area contributed by atoms with E-state index in [0.29, 0.717) is 10.8 Å². The van der Waals surface area contributed by atoms with Crippen LogP contribution in [-0.2, 0) is 0 Å². The van der Waals surface area contributed by atoms with Crippen molar-refractivity contribution >= 4 is 62.4 Å². The van der Waals surface area contributed by atoms with Gasteiger partial charge in [-0.3, -0.25) is 4.79 Å². The molecule has 0 saturated heterocycles. The summed E-state index contributed by atoms with van der Waals surface area (Å²) >= 11 is 9.18. The van der Waals surface area contributed by atoms with Crippen molar-refractivity contribution in [2.24, 2.45) is 0 Å². The van der Waals surface area contributed by atoms with Crippen LogP contribution in [-0.4, -0.2) is 24.1 Å². The van der Waals surface area contributed by atoms with E-state index in [1.165, 1.54) is 19.2 Å². The van der Waals surface area contributed by atoms with Crippen molar-refractivity contribution < 1.29 is 19.4 Å². The molecule has 1 aromatic heterocycles. The van der Waals surface area contributed by atoms with Gasteiger partial charge in [0, 0.05) is 3.57 Å². The van der Waals surface area contributed by atoms with Crippen molar-refractivity contribution in [2.45, 2.75) is 0 Å². The van der Waals surface area contributed by atoms with Gasteiger partial charge in [0.15, 0.2) is 0 Å². The number of halogens is 2. The molecule has 1 heterocycles. The Kier molecular flexibility index (Phi) is 5.07. The van der Waals surface area contributed by atoms with E-state index in [2.05, 4.69) is 5.32 Å². The highest BCUT2D eigenvalue weighted by Gasteiger charge is 2.19. The number of methoxy groups -OCH3 is 1. The average molecular weight is 438 g/mol. The quantitative estimate of drug-likeness (QED) is 0.710. The van der Waals surface area contributed by atoms with Gasteiger partial charge in [0.05, 0.1) is 23.3 Å². The Morgan fingerprint density at radius 3 is 2.71 bits per heavy atom. The van der Waals surface area contributed by atoms with Crippen LogP contribution in [0.1, 0.15) is 20.7 Å². The predicted molar refractivity (Wildman–Crippen MR) is 90.0 cm³/mol. The molecule has 2 rings (SSSR count). The lowest BCUT2D eigenvalue weighted by atomic mass is 10.2. The predicted octanol–water partition coefficient (Wildman–Crippen LogP) is 3.97. The number of rotatable bonds is 4. The molecule has 8 heteroatoms. The number of carbonyl (C=O) groups excluding carboxylic acids is 1. The van der Waals surface area contributed by atoms with E-state index >= 15 is 0 Å². The first-order valence-electron chi connectivity index (χ1n) is 5.59. The number of anilines is 1. The van der Waals surface area contributed by atoms with Gasteiger partial charge in [0.1, 0.15) is 10.8 Å². The van der Waals surface area contributed by atoms with E-state index in [-0.39, 0.29) is 16.1 Å². The molecule has 110 valence electrons. The van der Waals surface area contributed by atoms with Crippen LogP contribution in [0.2, 0.25) is 5.02 Å². The molecule has 0 aliphatic heterocycles. The molecule has 0 unspecified atom stereocenters. The Bertz CT molecular complexity index is 716. The van der Waals surface area contributed by atoms with Crippen LogP contribution in [0.25, 0.3) is 0 Å². The van der Waals surface area contributed by atoms with Crippen LogP contribution in [0.4, 0.5) is 5.00 Å². The van der Waals surface area contributed by atoms with E-state index in [1.54, 1.807) is 11.4 Å². The molecule has 1 aromatic carbocycles. The van der Waals surface area contributed by atoms with Crippen LogP contribution in [0, 0.1) is 3.57 Å². The van der Waals surface area contributed by atoms with Gasteiger partial charge in [-0.1, -0.05) is 11.6 Å². The van der Waals surface area contributed by atoms with Crippen LogP contribution >= 0.6 is 45.5 Å². The minimum atomic E-state index is -1.10. The van der Waals surface area contributed by atoms with Crippen molar-refractivity contribution in [3.8, 4) is 5.75 Å². The summed E-state index contributed by atoms with van der Waals surface area (Å²) in [5.74, 6) is -1.20. The highest BCUT2D eigenvalue weighted by Crippen LogP contribution is 2.30. The van der Waals surface area contributed by atoms with Crippen LogP contribution in [0.5, 0.6) is 5.75 Å². The van der Waals surface area contributed by atoms with E-state index < -0.39 is 11.9 Å². The Morgan fingerprint density at radius 1 is 1.38 bits per heavy atom. The molecule has 5 nitrogen and oxygen atoms in total. The summed E-state index contributed by atoms with van der Waals surface area (Å²) in [5.41, 5.74) is 0.289. The number of aromatic carboxylic acids is 1. The number of nitrogens with one attached hydrogen (secondary N) is 1. The first-order valence-corrected chi connectivity index (χ1v) is 7.93. The number of benzene rings is 1. The SMILES string of the molecule is COc1cc(I)c(Cl)cc1C(=O)Nc1sccc1C(=O)O. The van der Waals surface area contributed by atoms with Crippen LogP contribution in [0.15, 0.2) is 23.6 Å². The van der Waals surface area contributed by atoms with Gasteiger partial charge >= 0.3 is 5.97 Å². The molecule has 2 N–H and O–H groups in total. The van der Waals surface area contributed by atoms with Gasteiger partial charge in [-0.25, -0.2) is 4.79 Å². The lowest BCUT2D eigenvalue weighted by molar-refractivity contribution is 0.0698. The summed E-state index contributed by atoms with van der Waals surface area (Å²) in [7, 11) is 1.45. The molecule has 0 radical (unpaired) electrons. The number of hydrogen-bond acceptors (Lipinski definition) is 4. The topological polar surface area (TPSA) is 75.6 Å². The Morgan fingerprint density at radius 2 is 2.10 bits per heavy atom. The van der Waals surface area contributed by atoms with E-state index in [4.69, 9.17) is 21.4 Å². The normalized spacial score (nSPS) is 10.2. The standard InChI is InChI=1S/C13H9ClINO4S/c1-20-10-5-9(15)8(14)4-7(10)11(17)16-12-6(13(18)19)2-3-21-12/h2-5H,1H3,(H,16,17)(H,18,19). The summed E-state index contributed by atoms with van der Waals surface area (Å²) in [6.45, 7) is 0. The first kappa shape index (κ1) is 16.1. The molecule has 0 bridgehead atoms. The van der Waals surface area contributed by atoms with Gasteiger partial charge in [-0.2, -0.15) is 0 Å². The van der Waals surface area contributed by atoms with Gasteiger partial charge in [-0.05, 0) is 46.2 Å². The zero-order chi connectivity index (χ0) is 15.6. The smallest absolute Gasteiger partial charge is 0.338 e. The number of amides is 1.